The number of rotatable bonds is 4. The van der Waals surface area contributed by atoms with E-state index in [0.717, 1.165) is 30.8 Å². The summed E-state index contributed by atoms with van der Waals surface area (Å²) >= 11 is 0. The Kier molecular flexibility index (Phi) is 3.91. The van der Waals surface area contributed by atoms with Crippen LogP contribution < -0.4 is 9.64 Å². The summed E-state index contributed by atoms with van der Waals surface area (Å²) in [6.45, 7) is 3.48. The molecular weight excluding hydrogens is 262 g/mol. The first kappa shape index (κ1) is 13.7. The first-order valence-corrected chi connectivity index (χ1v) is 7.42. The number of hydrogen-bond donors (Lipinski definition) is 0. The number of fused-ring (bicyclic) bond motifs is 1. The van der Waals surface area contributed by atoms with Gasteiger partial charge in [0.15, 0.2) is 0 Å². The van der Waals surface area contributed by atoms with Gasteiger partial charge in [-0.2, -0.15) is 0 Å². The Bertz CT molecular complexity index is 651. The van der Waals surface area contributed by atoms with Crippen LogP contribution in [0.2, 0.25) is 0 Å². The highest BCUT2D eigenvalue weighted by molar-refractivity contribution is 6.07. The van der Waals surface area contributed by atoms with E-state index >= 15 is 0 Å². The lowest BCUT2D eigenvalue weighted by atomic mass is 10.1. The first-order valence-electron chi connectivity index (χ1n) is 7.42. The minimum absolute atomic E-state index is 0.0434. The summed E-state index contributed by atoms with van der Waals surface area (Å²) in [6.07, 6.45) is 1.88. The molecule has 0 saturated carbocycles. The summed E-state index contributed by atoms with van der Waals surface area (Å²) in [4.78, 5) is 14.6. The van der Waals surface area contributed by atoms with Crippen LogP contribution in [0.5, 0.6) is 5.75 Å². The lowest BCUT2D eigenvalue weighted by Crippen LogP contribution is -2.28. The molecule has 0 N–H and O–H groups in total. The van der Waals surface area contributed by atoms with Crippen LogP contribution in [0.3, 0.4) is 0 Å². The topological polar surface area (TPSA) is 29.5 Å². The molecule has 0 atom stereocenters. The second kappa shape index (κ2) is 6.00. The highest BCUT2D eigenvalue weighted by Crippen LogP contribution is 2.29. The summed E-state index contributed by atoms with van der Waals surface area (Å²) in [5.41, 5.74) is 2.95. The van der Waals surface area contributed by atoms with Gasteiger partial charge in [-0.05, 0) is 42.7 Å². The van der Waals surface area contributed by atoms with Crippen LogP contribution in [0.25, 0.3) is 0 Å². The van der Waals surface area contributed by atoms with Crippen molar-refractivity contribution in [1.82, 2.24) is 0 Å². The van der Waals surface area contributed by atoms with E-state index in [1.807, 2.05) is 47.4 Å². The molecular formula is C18H19NO2. The SMILES string of the molecule is CCCOc1cccc(C(=O)N2CCc3ccccc32)c1. The maximum absolute atomic E-state index is 12.7. The van der Waals surface area contributed by atoms with Crippen LogP contribution in [0, 0.1) is 0 Å². The Hall–Kier alpha value is -2.29. The highest BCUT2D eigenvalue weighted by Gasteiger charge is 2.25. The maximum Gasteiger partial charge on any atom is 0.258 e. The standard InChI is InChI=1S/C18H19NO2/c1-2-12-21-16-8-5-7-15(13-16)18(20)19-11-10-14-6-3-4-9-17(14)19/h3-9,13H,2,10-12H2,1H3. The van der Waals surface area contributed by atoms with Gasteiger partial charge in [0.25, 0.3) is 5.91 Å². The summed E-state index contributed by atoms with van der Waals surface area (Å²) in [5, 5.41) is 0. The third-order valence-corrected chi connectivity index (χ3v) is 3.69. The average molecular weight is 281 g/mol. The lowest BCUT2D eigenvalue weighted by Gasteiger charge is -2.17. The molecule has 0 saturated heterocycles. The van der Waals surface area contributed by atoms with Gasteiger partial charge in [-0.1, -0.05) is 31.2 Å². The van der Waals surface area contributed by atoms with E-state index in [0.29, 0.717) is 12.2 Å². The van der Waals surface area contributed by atoms with E-state index < -0.39 is 0 Å². The van der Waals surface area contributed by atoms with E-state index in [2.05, 4.69) is 13.0 Å². The van der Waals surface area contributed by atoms with Crippen molar-refractivity contribution in [2.75, 3.05) is 18.1 Å². The number of carbonyl (C=O) groups is 1. The number of hydrogen-bond acceptors (Lipinski definition) is 2. The average Bonchev–Trinajstić information content (AvgIpc) is 2.96. The summed E-state index contributed by atoms with van der Waals surface area (Å²) in [6, 6.07) is 15.5. The molecule has 1 aliphatic heterocycles. The van der Waals surface area contributed by atoms with Gasteiger partial charge in [-0.3, -0.25) is 4.79 Å². The van der Waals surface area contributed by atoms with Crippen LogP contribution >= 0.6 is 0 Å². The second-order valence-electron chi connectivity index (χ2n) is 5.21. The monoisotopic (exact) mass is 281 g/mol. The van der Waals surface area contributed by atoms with E-state index in [9.17, 15) is 4.79 Å². The Morgan fingerprint density at radius 2 is 2.05 bits per heavy atom. The molecule has 0 radical (unpaired) electrons. The van der Waals surface area contributed by atoms with Crippen molar-refractivity contribution in [3.63, 3.8) is 0 Å². The molecule has 3 rings (SSSR count). The molecule has 3 nitrogen and oxygen atoms in total. The number of carbonyl (C=O) groups excluding carboxylic acids is 1. The number of amides is 1. The summed E-state index contributed by atoms with van der Waals surface area (Å²) < 4.78 is 5.61. The van der Waals surface area contributed by atoms with E-state index in [-0.39, 0.29) is 5.91 Å². The maximum atomic E-state index is 12.7. The largest absolute Gasteiger partial charge is 0.494 e. The van der Waals surface area contributed by atoms with E-state index in [1.165, 1.54) is 5.56 Å². The van der Waals surface area contributed by atoms with Crippen molar-refractivity contribution in [1.29, 1.82) is 0 Å². The van der Waals surface area contributed by atoms with Gasteiger partial charge in [-0.25, -0.2) is 0 Å². The van der Waals surface area contributed by atoms with Crippen molar-refractivity contribution in [2.45, 2.75) is 19.8 Å². The van der Waals surface area contributed by atoms with Crippen molar-refractivity contribution in [3.8, 4) is 5.75 Å². The molecule has 21 heavy (non-hydrogen) atoms. The minimum atomic E-state index is 0.0434. The van der Waals surface area contributed by atoms with Crippen molar-refractivity contribution >= 4 is 11.6 Å². The molecule has 0 aromatic heterocycles. The zero-order chi connectivity index (χ0) is 14.7. The fourth-order valence-electron chi connectivity index (χ4n) is 2.64. The molecule has 1 heterocycles. The third-order valence-electron chi connectivity index (χ3n) is 3.69. The predicted molar refractivity (Wildman–Crippen MR) is 84.1 cm³/mol. The lowest BCUT2D eigenvalue weighted by molar-refractivity contribution is 0.0989. The van der Waals surface area contributed by atoms with Gasteiger partial charge in [0, 0.05) is 17.8 Å². The Labute approximate surface area is 125 Å². The molecule has 0 unspecified atom stereocenters. The number of ether oxygens (including phenoxy) is 1. The molecule has 2 aromatic carbocycles. The zero-order valence-corrected chi connectivity index (χ0v) is 12.2. The van der Waals surface area contributed by atoms with Crippen LogP contribution in [0.1, 0.15) is 29.3 Å². The molecule has 0 fully saturated rings. The second-order valence-corrected chi connectivity index (χ2v) is 5.21. The molecule has 0 spiro atoms. The van der Waals surface area contributed by atoms with Crippen LogP contribution in [0.4, 0.5) is 5.69 Å². The zero-order valence-electron chi connectivity index (χ0n) is 12.2. The molecule has 1 amide bonds. The molecule has 2 aromatic rings. The Morgan fingerprint density at radius 1 is 1.19 bits per heavy atom. The minimum Gasteiger partial charge on any atom is -0.494 e. The molecule has 108 valence electrons. The molecule has 1 aliphatic rings. The van der Waals surface area contributed by atoms with Crippen LogP contribution in [-0.2, 0) is 6.42 Å². The molecule has 0 bridgehead atoms. The molecule has 0 aliphatic carbocycles. The van der Waals surface area contributed by atoms with Crippen LogP contribution in [0.15, 0.2) is 48.5 Å². The van der Waals surface area contributed by atoms with Crippen molar-refractivity contribution < 1.29 is 9.53 Å². The predicted octanol–water partition coefficient (Wildman–Crippen LogP) is 3.68. The fraction of sp³-hybridized carbons (Fsp3) is 0.278. The quantitative estimate of drug-likeness (QED) is 0.855. The Morgan fingerprint density at radius 3 is 2.90 bits per heavy atom. The van der Waals surface area contributed by atoms with Crippen molar-refractivity contribution in [3.05, 3.63) is 59.7 Å². The van der Waals surface area contributed by atoms with Crippen LogP contribution in [-0.4, -0.2) is 19.1 Å². The van der Waals surface area contributed by atoms with Gasteiger partial charge in [0.1, 0.15) is 5.75 Å². The van der Waals surface area contributed by atoms with E-state index in [4.69, 9.17) is 4.74 Å². The summed E-state index contributed by atoms with van der Waals surface area (Å²) in [7, 11) is 0. The number of nitrogens with zero attached hydrogens (tertiary/aromatic N) is 1. The van der Waals surface area contributed by atoms with Gasteiger partial charge in [-0.15, -0.1) is 0 Å². The summed E-state index contributed by atoms with van der Waals surface area (Å²) in [5.74, 6) is 0.803. The van der Waals surface area contributed by atoms with E-state index in [1.54, 1.807) is 0 Å². The van der Waals surface area contributed by atoms with Gasteiger partial charge < -0.3 is 9.64 Å². The molecule has 3 heteroatoms. The fourth-order valence-corrected chi connectivity index (χ4v) is 2.64. The number of para-hydroxylation sites is 1. The highest BCUT2D eigenvalue weighted by atomic mass is 16.5. The van der Waals surface area contributed by atoms with Crippen molar-refractivity contribution in [2.24, 2.45) is 0 Å². The van der Waals surface area contributed by atoms with Gasteiger partial charge >= 0.3 is 0 Å². The van der Waals surface area contributed by atoms with Gasteiger partial charge in [0.2, 0.25) is 0 Å². The number of anilines is 1. The third kappa shape index (κ3) is 2.77. The first-order chi connectivity index (χ1) is 10.3. The number of benzene rings is 2. The Balaban J connectivity index is 1.83. The smallest absolute Gasteiger partial charge is 0.258 e. The van der Waals surface area contributed by atoms with Gasteiger partial charge in [0.05, 0.1) is 6.61 Å². The normalized spacial score (nSPS) is 13.1.